The lowest BCUT2D eigenvalue weighted by molar-refractivity contribution is -0.0155. The van der Waals surface area contributed by atoms with E-state index in [2.05, 4.69) is 11.9 Å². The van der Waals surface area contributed by atoms with Crippen LogP contribution in [0.2, 0.25) is 0 Å². The van der Waals surface area contributed by atoms with Crippen LogP contribution in [0.25, 0.3) is 0 Å². The minimum atomic E-state index is -0.661. The van der Waals surface area contributed by atoms with Gasteiger partial charge in [0, 0.05) is 6.54 Å². The van der Waals surface area contributed by atoms with Crippen LogP contribution in [0, 0.1) is 11.6 Å². The molecule has 25 heavy (non-hydrogen) atoms. The molecule has 1 saturated heterocycles. The van der Waals surface area contributed by atoms with E-state index in [0.29, 0.717) is 0 Å². The molecular weight excluding hydrogens is 320 g/mol. The minimum absolute atomic E-state index is 0.0555. The van der Waals surface area contributed by atoms with Crippen molar-refractivity contribution in [1.29, 1.82) is 0 Å². The standard InChI is InChI=1S/C21H23F2NO/c1-2-3-14-24-15-20-12-13-21(25-20,16-4-8-18(22)9-5-16)17-6-10-19(23)11-7-17/h2,4-11,20,24H,1,3,12-15H2. The maximum atomic E-state index is 13.4. The first-order valence-electron chi connectivity index (χ1n) is 8.65. The van der Waals surface area contributed by atoms with Crippen molar-refractivity contribution in [2.45, 2.75) is 31.0 Å². The lowest BCUT2D eigenvalue weighted by atomic mass is 9.84. The molecule has 1 atom stereocenters. The molecule has 0 bridgehead atoms. The smallest absolute Gasteiger partial charge is 0.123 e. The molecule has 0 spiro atoms. The van der Waals surface area contributed by atoms with Crippen molar-refractivity contribution in [2.24, 2.45) is 0 Å². The normalized spacial score (nSPS) is 19.0. The van der Waals surface area contributed by atoms with Crippen LogP contribution in [0.1, 0.15) is 30.4 Å². The number of halogens is 2. The molecule has 1 heterocycles. The Hall–Kier alpha value is -2.04. The molecule has 0 aliphatic carbocycles. The van der Waals surface area contributed by atoms with Crippen molar-refractivity contribution in [3.8, 4) is 0 Å². The fraction of sp³-hybridized carbons (Fsp3) is 0.333. The van der Waals surface area contributed by atoms with Crippen LogP contribution in [0.3, 0.4) is 0 Å². The maximum absolute atomic E-state index is 13.4. The molecule has 1 N–H and O–H groups in total. The SMILES string of the molecule is C=CCCNCC1CCC(c2ccc(F)cc2)(c2ccc(F)cc2)O1. The second-order valence-electron chi connectivity index (χ2n) is 6.40. The van der Waals surface area contributed by atoms with Crippen LogP contribution in [-0.4, -0.2) is 19.2 Å². The van der Waals surface area contributed by atoms with Crippen LogP contribution < -0.4 is 5.32 Å². The Kier molecular flexibility index (Phi) is 5.61. The van der Waals surface area contributed by atoms with Gasteiger partial charge in [0.05, 0.1) is 6.10 Å². The highest BCUT2D eigenvalue weighted by molar-refractivity contribution is 5.38. The average Bonchev–Trinajstić information content (AvgIpc) is 3.05. The topological polar surface area (TPSA) is 21.3 Å². The summed E-state index contributed by atoms with van der Waals surface area (Å²) in [5.41, 5.74) is 1.13. The van der Waals surface area contributed by atoms with Crippen LogP contribution in [-0.2, 0) is 10.3 Å². The van der Waals surface area contributed by atoms with Gasteiger partial charge in [-0.15, -0.1) is 6.58 Å². The maximum Gasteiger partial charge on any atom is 0.123 e. The third-order valence-electron chi connectivity index (χ3n) is 4.70. The average molecular weight is 343 g/mol. The highest BCUT2D eigenvalue weighted by atomic mass is 19.1. The van der Waals surface area contributed by atoms with Gasteiger partial charge in [-0.25, -0.2) is 8.78 Å². The molecule has 132 valence electrons. The zero-order valence-corrected chi connectivity index (χ0v) is 14.2. The third-order valence-corrected chi connectivity index (χ3v) is 4.70. The molecule has 2 aromatic carbocycles. The first-order chi connectivity index (χ1) is 12.1. The van der Waals surface area contributed by atoms with Crippen molar-refractivity contribution in [2.75, 3.05) is 13.1 Å². The summed E-state index contributed by atoms with van der Waals surface area (Å²) in [5.74, 6) is -0.558. The fourth-order valence-electron chi connectivity index (χ4n) is 3.41. The highest BCUT2D eigenvalue weighted by Crippen LogP contribution is 2.44. The van der Waals surface area contributed by atoms with Gasteiger partial charge in [-0.1, -0.05) is 30.3 Å². The van der Waals surface area contributed by atoms with Crippen LogP contribution in [0.5, 0.6) is 0 Å². The lowest BCUT2D eigenvalue weighted by Crippen LogP contribution is -2.32. The summed E-state index contributed by atoms with van der Waals surface area (Å²) in [6.45, 7) is 5.33. The monoisotopic (exact) mass is 343 g/mol. The van der Waals surface area contributed by atoms with E-state index in [1.165, 1.54) is 24.3 Å². The number of hydrogen-bond donors (Lipinski definition) is 1. The van der Waals surface area contributed by atoms with Crippen molar-refractivity contribution in [3.63, 3.8) is 0 Å². The number of benzene rings is 2. The molecule has 1 fully saturated rings. The summed E-state index contributed by atoms with van der Waals surface area (Å²) in [7, 11) is 0. The molecule has 0 aromatic heterocycles. The van der Waals surface area contributed by atoms with Crippen molar-refractivity contribution in [1.82, 2.24) is 5.32 Å². The first kappa shape index (κ1) is 17.8. The van der Waals surface area contributed by atoms with Gasteiger partial charge in [0.15, 0.2) is 0 Å². The number of ether oxygens (including phenoxy) is 1. The Morgan fingerprint density at radius 3 is 2.12 bits per heavy atom. The summed E-state index contributed by atoms with van der Waals surface area (Å²) in [6, 6.07) is 12.8. The summed E-state index contributed by atoms with van der Waals surface area (Å²) < 4.78 is 33.2. The van der Waals surface area contributed by atoms with Gasteiger partial charge in [0.1, 0.15) is 17.2 Å². The summed E-state index contributed by atoms with van der Waals surface area (Å²) in [5, 5.41) is 3.37. The summed E-state index contributed by atoms with van der Waals surface area (Å²) in [6.07, 6.45) is 4.51. The quantitative estimate of drug-likeness (QED) is 0.588. The Balaban J connectivity index is 1.85. The van der Waals surface area contributed by atoms with E-state index < -0.39 is 5.60 Å². The molecule has 3 rings (SSSR count). The predicted octanol–water partition coefficient (Wildman–Crippen LogP) is 4.55. The Bertz CT molecular complexity index is 651. The van der Waals surface area contributed by atoms with E-state index >= 15 is 0 Å². The fourth-order valence-corrected chi connectivity index (χ4v) is 3.41. The first-order valence-corrected chi connectivity index (χ1v) is 8.65. The van der Waals surface area contributed by atoms with Gasteiger partial charge in [-0.2, -0.15) is 0 Å². The predicted molar refractivity (Wildman–Crippen MR) is 95.4 cm³/mol. The van der Waals surface area contributed by atoms with Gasteiger partial charge in [-0.3, -0.25) is 0 Å². The Morgan fingerprint density at radius 2 is 1.60 bits per heavy atom. The molecule has 1 unspecified atom stereocenters. The molecule has 2 aromatic rings. The Morgan fingerprint density at radius 1 is 1.04 bits per heavy atom. The molecule has 0 radical (unpaired) electrons. The molecule has 0 saturated carbocycles. The second kappa shape index (κ2) is 7.89. The molecule has 1 aliphatic heterocycles. The molecule has 2 nitrogen and oxygen atoms in total. The van der Waals surface area contributed by atoms with Gasteiger partial charge < -0.3 is 10.1 Å². The second-order valence-corrected chi connectivity index (χ2v) is 6.40. The van der Waals surface area contributed by atoms with E-state index in [1.54, 1.807) is 24.3 Å². The van der Waals surface area contributed by atoms with Gasteiger partial charge in [0.25, 0.3) is 0 Å². The molecule has 1 aliphatic rings. The van der Waals surface area contributed by atoms with Crippen LogP contribution in [0.15, 0.2) is 61.2 Å². The van der Waals surface area contributed by atoms with E-state index in [1.807, 2.05) is 6.08 Å². The largest absolute Gasteiger partial charge is 0.361 e. The summed E-state index contributed by atoms with van der Waals surface area (Å²) in [4.78, 5) is 0. The zero-order valence-electron chi connectivity index (χ0n) is 14.2. The van der Waals surface area contributed by atoms with Crippen molar-refractivity contribution >= 4 is 0 Å². The van der Waals surface area contributed by atoms with Gasteiger partial charge in [-0.05, 0) is 61.2 Å². The Labute approximate surface area is 147 Å². The van der Waals surface area contributed by atoms with E-state index in [9.17, 15) is 8.78 Å². The van der Waals surface area contributed by atoms with E-state index in [4.69, 9.17) is 4.74 Å². The highest BCUT2D eigenvalue weighted by Gasteiger charge is 2.43. The zero-order chi connectivity index (χ0) is 17.7. The van der Waals surface area contributed by atoms with Crippen molar-refractivity contribution < 1.29 is 13.5 Å². The third kappa shape index (κ3) is 3.97. The van der Waals surface area contributed by atoms with Crippen LogP contribution >= 0.6 is 0 Å². The lowest BCUT2D eigenvalue weighted by Gasteiger charge is -2.31. The molecule has 0 amide bonds. The molecular formula is C21H23F2NO. The van der Waals surface area contributed by atoms with Crippen molar-refractivity contribution in [3.05, 3.63) is 83.9 Å². The van der Waals surface area contributed by atoms with E-state index in [-0.39, 0.29) is 17.7 Å². The molecule has 4 heteroatoms. The van der Waals surface area contributed by atoms with E-state index in [0.717, 1.165) is 43.5 Å². The number of nitrogens with one attached hydrogen (secondary N) is 1. The number of rotatable bonds is 7. The number of hydrogen-bond acceptors (Lipinski definition) is 2. The summed E-state index contributed by atoms with van der Waals surface area (Å²) >= 11 is 0. The van der Waals surface area contributed by atoms with Crippen LogP contribution in [0.4, 0.5) is 8.78 Å². The van der Waals surface area contributed by atoms with Gasteiger partial charge >= 0.3 is 0 Å². The minimum Gasteiger partial charge on any atom is -0.361 e. The van der Waals surface area contributed by atoms with Gasteiger partial charge in [0.2, 0.25) is 0 Å².